The van der Waals surface area contributed by atoms with E-state index in [4.69, 9.17) is 25.2 Å². The third kappa shape index (κ3) is 6.65. The maximum Gasteiger partial charge on any atom is 0.331 e. The summed E-state index contributed by atoms with van der Waals surface area (Å²) in [5.74, 6) is 0.369. The molecule has 34 heavy (non-hydrogen) atoms. The third-order valence-electron chi connectivity index (χ3n) is 6.03. The second kappa shape index (κ2) is 10.7. The zero-order chi connectivity index (χ0) is 24.9. The molecule has 3 rings (SSSR count). The van der Waals surface area contributed by atoms with Gasteiger partial charge in [-0.1, -0.05) is 68.8 Å². The molecule has 3 aromatic rings. The number of hydrogen-bond acceptors (Lipinski definition) is 6. The van der Waals surface area contributed by atoms with Gasteiger partial charge in [0.2, 0.25) is 11.8 Å². The van der Waals surface area contributed by atoms with Crippen LogP contribution >= 0.6 is 11.6 Å². The van der Waals surface area contributed by atoms with E-state index in [1.807, 2.05) is 49.4 Å². The summed E-state index contributed by atoms with van der Waals surface area (Å²) in [6.07, 6.45) is 1.44. The van der Waals surface area contributed by atoms with Gasteiger partial charge in [-0.05, 0) is 53.9 Å². The summed E-state index contributed by atoms with van der Waals surface area (Å²) in [6.45, 7) is 13.2. The Balaban J connectivity index is 1.65. The lowest BCUT2D eigenvalue weighted by Gasteiger charge is -2.35. The van der Waals surface area contributed by atoms with Crippen LogP contribution in [0.5, 0.6) is 0 Å². The van der Waals surface area contributed by atoms with Crippen molar-refractivity contribution in [3.05, 3.63) is 76.6 Å². The van der Waals surface area contributed by atoms with Crippen molar-refractivity contribution in [1.29, 1.82) is 0 Å². The normalized spacial score (nSPS) is 12.6. The van der Waals surface area contributed by atoms with Crippen molar-refractivity contribution in [1.82, 2.24) is 10.2 Å². The maximum atomic E-state index is 12.2. The predicted molar refractivity (Wildman–Crippen MR) is 137 cm³/mol. The highest BCUT2D eigenvalue weighted by Gasteiger charge is 2.37. The molecule has 0 aliphatic heterocycles. The highest BCUT2D eigenvalue weighted by Crippen LogP contribution is 2.37. The lowest BCUT2D eigenvalue weighted by atomic mass is 10.0. The summed E-state index contributed by atoms with van der Waals surface area (Å²) >= 11 is 6.51. The van der Waals surface area contributed by atoms with E-state index in [1.165, 1.54) is 6.08 Å². The van der Waals surface area contributed by atoms with Gasteiger partial charge in [-0.25, -0.2) is 4.79 Å². The van der Waals surface area contributed by atoms with Crippen LogP contribution in [0.2, 0.25) is 23.2 Å². The zero-order valence-electron chi connectivity index (χ0n) is 20.5. The molecule has 0 aliphatic carbocycles. The van der Waals surface area contributed by atoms with Crippen molar-refractivity contribution in [3.63, 3.8) is 0 Å². The lowest BCUT2D eigenvalue weighted by Crippen LogP contribution is -2.40. The van der Waals surface area contributed by atoms with Crippen LogP contribution < -0.4 is 0 Å². The molecule has 0 amide bonds. The standard InChI is InChI=1S/C26H31ClN2O4Si/c1-18(14-24(30)31-16-19-10-8-7-9-11-19)21-13-12-20(15-22(21)27)25-29-28-23(33-25)17-32-34(5,6)26(2,3)4/h7-15H,16-17H2,1-6H3/b18-14+. The number of aromatic nitrogens is 2. The molecule has 0 aliphatic rings. The molecule has 180 valence electrons. The highest BCUT2D eigenvalue weighted by molar-refractivity contribution is 6.74. The van der Waals surface area contributed by atoms with E-state index in [1.54, 1.807) is 6.07 Å². The second-order valence-corrected chi connectivity index (χ2v) is 14.9. The van der Waals surface area contributed by atoms with Crippen LogP contribution in [-0.2, 0) is 27.2 Å². The van der Waals surface area contributed by atoms with Gasteiger partial charge in [0.15, 0.2) is 8.32 Å². The SMILES string of the molecule is C/C(=C\C(=O)OCc1ccccc1)c1ccc(-c2nnc(CO[Si](C)(C)C(C)(C)C)o2)cc1Cl. The first-order valence-electron chi connectivity index (χ1n) is 11.1. The molecule has 0 spiro atoms. The molecular formula is C26H31ClN2O4Si. The number of hydrogen-bond donors (Lipinski definition) is 0. The summed E-state index contributed by atoms with van der Waals surface area (Å²) in [7, 11) is -1.92. The number of ether oxygens (including phenoxy) is 1. The Kier molecular flexibility index (Phi) is 8.12. The van der Waals surface area contributed by atoms with Crippen LogP contribution in [0.1, 0.15) is 44.7 Å². The molecule has 1 aromatic heterocycles. The van der Waals surface area contributed by atoms with E-state index in [0.717, 1.165) is 11.1 Å². The van der Waals surface area contributed by atoms with E-state index >= 15 is 0 Å². The van der Waals surface area contributed by atoms with Crippen LogP contribution in [0, 0.1) is 0 Å². The van der Waals surface area contributed by atoms with Crippen LogP contribution in [0.3, 0.4) is 0 Å². The summed E-state index contributed by atoms with van der Waals surface area (Å²) in [5.41, 5.74) is 3.05. The fourth-order valence-electron chi connectivity index (χ4n) is 2.88. The van der Waals surface area contributed by atoms with Crippen molar-refractivity contribution in [2.45, 2.75) is 59.0 Å². The zero-order valence-corrected chi connectivity index (χ0v) is 22.3. The average molecular weight is 499 g/mol. The first-order chi connectivity index (χ1) is 16.0. The van der Waals surface area contributed by atoms with Crippen LogP contribution in [-0.4, -0.2) is 24.5 Å². The summed E-state index contributed by atoms with van der Waals surface area (Å²) in [5, 5.41) is 8.82. The Hall–Kier alpha value is -2.74. The second-order valence-electron chi connectivity index (χ2n) is 9.67. The highest BCUT2D eigenvalue weighted by atomic mass is 35.5. The van der Waals surface area contributed by atoms with Gasteiger partial charge in [-0.3, -0.25) is 0 Å². The fraction of sp³-hybridized carbons (Fsp3) is 0.346. The van der Waals surface area contributed by atoms with Crippen LogP contribution in [0.25, 0.3) is 17.0 Å². The largest absolute Gasteiger partial charge is 0.458 e. The quantitative estimate of drug-likeness (QED) is 0.188. The van der Waals surface area contributed by atoms with Crippen molar-refractivity contribution in [3.8, 4) is 11.5 Å². The van der Waals surface area contributed by atoms with Gasteiger partial charge in [0.1, 0.15) is 13.2 Å². The van der Waals surface area contributed by atoms with E-state index in [9.17, 15) is 4.79 Å². The molecular weight excluding hydrogens is 468 g/mol. The van der Waals surface area contributed by atoms with Crippen molar-refractivity contribution < 1.29 is 18.4 Å². The topological polar surface area (TPSA) is 74.5 Å². The molecule has 0 radical (unpaired) electrons. The monoisotopic (exact) mass is 498 g/mol. The number of rotatable bonds is 8. The molecule has 0 unspecified atom stereocenters. The van der Waals surface area contributed by atoms with Gasteiger partial charge in [0.05, 0.1) is 0 Å². The number of halogens is 1. The molecule has 0 N–H and O–H groups in total. The smallest absolute Gasteiger partial charge is 0.331 e. The third-order valence-corrected chi connectivity index (χ3v) is 10.8. The number of carbonyl (C=O) groups excluding carboxylic acids is 1. The van der Waals surface area contributed by atoms with Crippen LogP contribution in [0.4, 0.5) is 0 Å². The van der Waals surface area contributed by atoms with Gasteiger partial charge in [0, 0.05) is 16.7 Å². The Morgan fingerprint density at radius 3 is 2.44 bits per heavy atom. The van der Waals surface area contributed by atoms with Crippen LogP contribution in [0.15, 0.2) is 59.0 Å². The van der Waals surface area contributed by atoms with Crippen molar-refractivity contribution >= 4 is 31.5 Å². The van der Waals surface area contributed by atoms with Gasteiger partial charge >= 0.3 is 5.97 Å². The van der Waals surface area contributed by atoms with E-state index in [-0.39, 0.29) is 18.3 Å². The molecule has 0 fully saturated rings. The Labute approximate surface area is 207 Å². The maximum absolute atomic E-state index is 12.2. The minimum absolute atomic E-state index is 0.0958. The number of nitrogens with zero attached hydrogens (tertiary/aromatic N) is 2. The molecule has 0 atom stereocenters. The number of esters is 1. The van der Waals surface area contributed by atoms with E-state index < -0.39 is 14.3 Å². The Morgan fingerprint density at radius 1 is 1.09 bits per heavy atom. The molecule has 0 saturated carbocycles. The molecule has 0 saturated heterocycles. The predicted octanol–water partition coefficient (Wildman–Crippen LogP) is 7.06. The van der Waals surface area contributed by atoms with E-state index in [2.05, 4.69) is 44.1 Å². The molecule has 0 bridgehead atoms. The van der Waals surface area contributed by atoms with Gasteiger partial charge in [0.25, 0.3) is 0 Å². The van der Waals surface area contributed by atoms with Gasteiger partial charge in [-0.15, -0.1) is 10.2 Å². The van der Waals surface area contributed by atoms with Crippen molar-refractivity contribution in [2.75, 3.05) is 0 Å². The minimum atomic E-state index is -1.92. The lowest BCUT2D eigenvalue weighted by molar-refractivity contribution is -0.138. The molecule has 8 heteroatoms. The number of allylic oxidation sites excluding steroid dienone is 1. The Bertz CT molecular complexity index is 1170. The summed E-state index contributed by atoms with van der Waals surface area (Å²) in [4.78, 5) is 12.2. The van der Waals surface area contributed by atoms with Gasteiger partial charge < -0.3 is 13.6 Å². The van der Waals surface area contributed by atoms with Crippen molar-refractivity contribution in [2.24, 2.45) is 0 Å². The summed E-state index contributed by atoms with van der Waals surface area (Å²) < 4.78 is 17.3. The Morgan fingerprint density at radius 2 is 1.79 bits per heavy atom. The molecule has 1 heterocycles. The fourth-order valence-corrected chi connectivity index (χ4v) is 4.13. The first kappa shape index (κ1) is 25.9. The summed E-state index contributed by atoms with van der Waals surface area (Å²) in [6, 6.07) is 14.9. The van der Waals surface area contributed by atoms with E-state index in [0.29, 0.717) is 27.9 Å². The molecule has 2 aromatic carbocycles. The molecule has 6 nitrogen and oxygen atoms in total. The average Bonchev–Trinajstić information content (AvgIpc) is 3.25. The minimum Gasteiger partial charge on any atom is -0.458 e. The number of carbonyl (C=O) groups is 1. The first-order valence-corrected chi connectivity index (χ1v) is 14.4. The van der Waals surface area contributed by atoms with Gasteiger partial charge in [-0.2, -0.15) is 0 Å². The number of benzene rings is 2.